The molecule has 11 nitrogen and oxygen atoms in total. The van der Waals surface area contributed by atoms with Crippen LogP contribution in [-0.2, 0) is 23.8 Å². The van der Waals surface area contributed by atoms with Gasteiger partial charge in [-0.25, -0.2) is 0 Å². The first-order valence-electron chi connectivity index (χ1n) is 14.1. The van der Waals surface area contributed by atoms with E-state index in [1.807, 2.05) is 18.2 Å². The fourth-order valence-corrected chi connectivity index (χ4v) is 4.04. The van der Waals surface area contributed by atoms with E-state index in [0.29, 0.717) is 88.3 Å². The van der Waals surface area contributed by atoms with Crippen LogP contribution in [-0.4, -0.2) is 83.5 Å². The number of nitrogens with one attached hydrogen (secondary N) is 2. The van der Waals surface area contributed by atoms with Gasteiger partial charge in [-0.1, -0.05) is 12.1 Å². The molecule has 0 spiro atoms. The average molecular weight is 584 g/mol. The van der Waals surface area contributed by atoms with Crippen LogP contribution < -0.4 is 25.8 Å². The molecule has 1 aliphatic rings. The zero-order chi connectivity index (χ0) is 30.2. The normalized spacial score (nSPS) is 11.6. The molecule has 0 atom stereocenters. The number of fused-ring (bicyclic) bond motifs is 1. The maximum Gasteiger partial charge on any atom is 0.257 e. The third-order valence-electron chi connectivity index (χ3n) is 6.28. The van der Waals surface area contributed by atoms with Crippen LogP contribution in [0.15, 0.2) is 36.4 Å². The number of carbonyl (C=O) groups excluding carboxylic acids is 3. The Bertz CT molecular complexity index is 1230. The van der Waals surface area contributed by atoms with E-state index < -0.39 is 0 Å². The molecule has 0 radical (unpaired) electrons. The third-order valence-corrected chi connectivity index (χ3v) is 6.28. The standard InChI is InChI=1S/C31H41N3O8/c1-22-17-24-18-25(5-7-27(22)24)41-20-30(36)33-9-3-11-38-13-15-40-16-14-39-12-4-10-34-31(37)21-42-26-6-8-28(23(2)35)29(32)19-26/h5-8,17-19H,3-4,9-16,20-21,32H2,1-2H3,(H,33,36)(H,34,37). The van der Waals surface area contributed by atoms with Crippen LogP contribution in [0.1, 0.15) is 48.2 Å². The Morgan fingerprint density at radius 1 is 0.738 bits per heavy atom. The smallest absolute Gasteiger partial charge is 0.257 e. The summed E-state index contributed by atoms with van der Waals surface area (Å²) in [6, 6.07) is 10.5. The molecule has 228 valence electrons. The number of nitrogen functional groups attached to an aromatic ring is 1. The zero-order valence-corrected chi connectivity index (χ0v) is 24.4. The number of Topliss-reactive ketones (excluding diaryl/α,β-unsaturated/α-hetero) is 1. The fraction of sp³-hybridized carbons (Fsp3) is 0.452. The van der Waals surface area contributed by atoms with Gasteiger partial charge in [0.15, 0.2) is 19.0 Å². The molecule has 2 aromatic rings. The van der Waals surface area contributed by atoms with E-state index in [2.05, 4.69) is 23.6 Å². The van der Waals surface area contributed by atoms with Crippen LogP contribution in [0.5, 0.6) is 11.5 Å². The topological polar surface area (TPSA) is 147 Å². The van der Waals surface area contributed by atoms with Crippen LogP contribution in [0.3, 0.4) is 0 Å². The molecule has 1 aliphatic carbocycles. The van der Waals surface area contributed by atoms with Gasteiger partial charge in [0.1, 0.15) is 11.5 Å². The van der Waals surface area contributed by atoms with Gasteiger partial charge in [-0.2, -0.15) is 0 Å². The molecule has 0 unspecified atom stereocenters. The lowest BCUT2D eigenvalue weighted by molar-refractivity contribution is -0.123. The molecule has 2 amide bonds. The number of hydrogen-bond acceptors (Lipinski definition) is 9. The summed E-state index contributed by atoms with van der Waals surface area (Å²) in [4.78, 5) is 35.3. The van der Waals surface area contributed by atoms with Gasteiger partial charge in [-0.05, 0) is 67.7 Å². The Morgan fingerprint density at radius 3 is 1.76 bits per heavy atom. The summed E-state index contributed by atoms with van der Waals surface area (Å²) in [5.74, 6) is 0.569. The van der Waals surface area contributed by atoms with Crippen molar-refractivity contribution in [2.24, 2.45) is 0 Å². The van der Waals surface area contributed by atoms with Crippen molar-refractivity contribution in [3.63, 3.8) is 0 Å². The highest BCUT2D eigenvalue weighted by molar-refractivity contribution is 5.99. The number of allylic oxidation sites excluding steroid dienone is 1. The Balaban J connectivity index is 1.05. The highest BCUT2D eigenvalue weighted by Crippen LogP contribution is 2.34. The Labute approximate surface area is 246 Å². The molecule has 0 saturated heterocycles. The molecule has 4 N–H and O–H groups in total. The van der Waals surface area contributed by atoms with Crippen molar-refractivity contribution in [3.8, 4) is 11.5 Å². The van der Waals surface area contributed by atoms with Crippen molar-refractivity contribution in [1.29, 1.82) is 0 Å². The molecule has 11 heteroatoms. The van der Waals surface area contributed by atoms with Gasteiger partial charge >= 0.3 is 0 Å². The van der Waals surface area contributed by atoms with E-state index in [9.17, 15) is 14.4 Å². The van der Waals surface area contributed by atoms with E-state index >= 15 is 0 Å². The van der Waals surface area contributed by atoms with Gasteiger partial charge in [-0.15, -0.1) is 0 Å². The van der Waals surface area contributed by atoms with E-state index in [-0.39, 0.29) is 30.8 Å². The van der Waals surface area contributed by atoms with E-state index in [0.717, 1.165) is 5.56 Å². The summed E-state index contributed by atoms with van der Waals surface area (Å²) in [5.41, 5.74) is 10.2. The molecule has 3 rings (SSSR count). The van der Waals surface area contributed by atoms with Crippen molar-refractivity contribution in [1.82, 2.24) is 10.6 Å². The summed E-state index contributed by atoms with van der Waals surface area (Å²) in [5, 5.41) is 5.57. The molecule has 0 aliphatic heterocycles. The molecular weight excluding hydrogens is 542 g/mol. The van der Waals surface area contributed by atoms with Gasteiger partial charge in [0.25, 0.3) is 11.8 Å². The third kappa shape index (κ3) is 11.5. The van der Waals surface area contributed by atoms with Gasteiger partial charge in [0.05, 0.1) is 26.4 Å². The van der Waals surface area contributed by atoms with Gasteiger partial charge in [0, 0.05) is 43.6 Å². The summed E-state index contributed by atoms with van der Waals surface area (Å²) < 4.78 is 27.4. The molecule has 0 bridgehead atoms. The van der Waals surface area contributed by atoms with Gasteiger partial charge in [-0.3, -0.25) is 14.4 Å². The molecule has 42 heavy (non-hydrogen) atoms. The lowest BCUT2D eigenvalue weighted by atomic mass is 9.90. The molecule has 0 fully saturated rings. The van der Waals surface area contributed by atoms with Crippen molar-refractivity contribution in [2.75, 3.05) is 71.7 Å². The minimum absolute atomic E-state index is 0.0156. The lowest BCUT2D eigenvalue weighted by Gasteiger charge is -2.17. The van der Waals surface area contributed by atoms with Crippen LogP contribution in [0.4, 0.5) is 5.69 Å². The van der Waals surface area contributed by atoms with Crippen LogP contribution in [0, 0.1) is 0 Å². The number of carbonyl (C=O) groups is 3. The maximum atomic E-state index is 11.9. The summed E-state index contributed by atoms with van der Waals surface area (Å²) >= 11 is 0. The summed E-state index contributed by atoms with van der Waals surface area (Å²) in [7, 11) is 0. The number of hydrogen-bond donors (Lipinski definition) is 3. The first kappa shape index (κ1) is 32.6. The number of ketones is 1. The lowest BCUT2D eigenvalue weighted by Crippen LogP contribution is -2.30. The quantitative estimate of drug-likeness (QED) is 0.115. The highest BCUT2D eigenvalue weighted by Gasteiger charge is 2.13. The fourth-order valence-electron chi connectivity index (χ4n) is 4.04. The van der Waals surface area contributed by atoms with Gasteiger partial charge in [0.2, 0.25) is 0 Å². The first-order chi connectivity index (χ1) is 20.3. The molecule has 0 saturated carbocycles. The van der Waals surface area contributed by atoms with Crippen molar-refractivity contribution >= 4 is 34.9 Å². The predicted octanol–water partition coefficient (Wildman–Crippen LogP) is 2.87. The Kier molecular flexibility index (Phi) is 13.8. The molecule has 0 heterocycles. The minimum Gasteiger partial charge on any atom is -0.484 e. The summed E-state index contributed by atoms with van der Waals surface area (Å²) in [6.07, 6.45) is 3.44. The zero-order valence-electron chi connectivity index (χ0n) is 24.4. The van der Waals surface area contributed by atoms with Crippen LogP contribution in [0.25, 0.3) is 11.6 Å². The number of benzene rings is 2. The molecule has 2 aromatic carbocycles. The second kappa shape index (κ2) is 17.8. The SMILES string of the molecule is CC(=O)c1ccc(OCC(=O)NCCCOCCOCCOCCCNC(=O)COc2ccc3c(c2)C=C3C)cc1N. The number of ether oxygens (including phenoxy) is 5. The minimum atomic E-state index is -0.257. The van der Waals surface area contributed by atoms with Gasteiger partial charge < -0.3 is 40.1 Å². The van der Waals surface area contributed by atoms with E-state index in [1.165, 1.54) is 24.1 Å². The molecule has 0 aromatic heterocycles. The second-order valence-corrected chi connectivity index (χ2v) is 9.70. The van der Waals surface area contributed by atoms with Crippen molar-refractivity contribution in [2.45, 2.75) is 26.7 Å². The number of amides is 2. The monoisotopic (exact) mass is 583 g/mol. The maximum absolute atomic E-state index is 11.9. The largest absolute Gasteiger partial charge is 0.484 e. The Hall–Kier alpha value is -3.93. The van der Waals surface area contributed by atoms with Crippen LogP contribution in [0.2, 0.25) is 0 Å². The van der Waals surface area contributed by atoms with Crippen LogP contribution >= 0.6 is 0 Å². The molecular formula is C31H41N3O8. The second-order valence-electron chi connectivity index (χ2n) is 9.70. The average Bonchev–Trinajstić information content (AvgIpc) is 2.96. The summed E-state index contributed by atoms with van der Waals surface area (Å²) in [6.45, 7) is 7.15. The van der Waals surface area contributed by atoms with Crippen molar-refractivity contribution < 1.29 is 38.1 Å². The predicted molar refractivity (Wildman–Crippen MR) is 160 cm³/mol. The van der Waals surface area contributed by atoms with Crippen molar-refractivity contribution in [3.05, 3.63) is 53.1 Å². The van der Waals surface area contributed by atoms with E-state index in [4.69, 9.17) is 29.4 Å². The number of nitrogens with two attached hydrogens (primary N) is 1. The Morgan fingerprint density at radius 2 is 1.26 bits per heavy atom. The van der Waals surface area contributed by atoms with E-state index in [1.54, 1.807) is 12.1 Å². The number of rotatable bonds is 21. The first-order valence-corrected chi connectivity index (χ1v) is 14.1. The highest BCUT2D eigenvalue weighted by atomic mass is 16.5. The number of anilines is 1.